The summed E-state index contributed by atoms with van der Waals surface area (Å²) in [4.78, 5) is 0. The van der Waals surface area contributed by atoms with Crippen molar-refractivity contribution < 1.29 is 23.7 Å². The van der Waals surface area contributed by atoms with Crippen molar-refractivity contribution in [2.45, 2.75) is 71.6 Å². The Morgan fingerprint density at radius 2 is 0.732 bits per heavy atom. The van der Waals surface area contributed by atoms with Gasteiger partial charge in [-0.3, -0.25) is 0 Å². The van der Waals surface area contributed by atoms with Crippen molar-refractivity contribution in [3.8, 4) is 28.7 Å². The minimum atomic E-state index is 0.133. The standard InChI is InChI=1S/C35H47BrO5/c1-34(2,3)27-10-14-29(15-11-27)37-20-8-22-40-32-24-31(39-19-7-18-36)25-33(26-32)41-23-9-21-38-30-16-12-28(13-17-30)35(4,5)6/h10-17,24-26H,7-9,18-23H2,1-6H3. The molecule has 0 aliphatic heterocycles. The van der Waals surface area contributed by atoms with Gasteiger partial charge in [0, 0.05) is 36.4 Å². The molecule has 0 atom stereocenters. The van der Waals surface area contributed by atoms with Crippen molar-refractivity contribution in [2.24, 2.45) is 0 Å². The van der Waals surface area contributed by atoms with E-state index in [2.05, 4.69) is 81.7 Å². The Balaban J connectivity index is 1.44. The molecule has 3 rings (SSSR count). The van der Waals surface area contributed by atoms with E-state index >= 15 is 0 Å². The number of hydrogen-bond donors (Lipinski definition) is 0. The highest BCUT2D eigenvalue weighted by Crippen LogP contribution is 2.29. The normalized spacial score (nSPS) is 11.7. The van der Waals surface area contributed by atoms with Crippen molar-refractivity contribution in [1.82, 2.24) is 0 Å². The summed E-state index contributed by atoms with van der Waals surface area (Å²) >= 11 is 3.45. The quantitative estimate of drug-likeness (QED) is 0.117. The Hall–Kier alpha value is -2.86. The Morgan fingerprint density at radius 1 is 0.439 bits per heavy atom. The summed E-state index contributed by atoms with van der Waals surface area (Å²) in [6, 6.07) is 22.4. The van der Waals surface area contributed by atoms with Crippen molar-refractivity contribution in [3.05, 3.63) is 77.9 Å². The Morgan fingerprint density at radius 3 is 1.02 bits per heavy atom. The summed E-state index contributed by atoms with van der Waals surface area (Å²) in [6.45, 7) is 16.1. The molecular formula is C35H47BrO5. The largest absolute Gasteiger partial charge is 0.493 e. The van der Waals surface area contributed by atoms with Crippen LogP contribution in [0.4, 0.5) is 0 Å². The summed E-state index contributed by atoms with van der Waals surface area (Å²) < 4.78 is 29.8. The van der Waals surface area contributed by atoms with Gasteiger partial charge in [-0.15, -0.1) is 0 Å². The fraction of sp³-hybridized carbons (Fsp3) is 0.486. The summed E-state index contributed by atoms with van der Waals surface area (Å²) in [5.74, 6) is 3.94. The molecule has 41 heavy (non-hydrogen) atoms. The zero-order valence-electron chi connectivity index (χ0n) is 25.6. The predicted octanol–water partition coefficient (Wildman–Crippen LogP) is 9.14. The van der Waals surface area contributed by atoms with E-state index in [1.807, 2.05) is 42.5 Å². The van der Waals surface area contributed by atoms with Gasteiger partial charge in [0.05, 0.1) is 33.0 Å². The highest BCUT2D eigenvalue weighted by Gasteiger charge is 2.14. The van der Waals surface area contributed by atoms with Gasteiger partial charge in [-0.1, -0.05) is 81.7 Å². The van der Waals surface area contributed by atoms with Gasteiger partial charge in [-0.05, 0) is 52.6 Å². The van der Waals surface area contributed by atoms with Crippen LogP contribution in [-0.4, -0.2) is 38.4 Å². The van der Waals surface area contributed by atoms with E-state index in [4.69, 9.17) is 23.7 Å². The van der Waals surface area contributed by atoms with Crippen LogP contribution in [0.2, 0.25) is 0 Å². The first-order chi connectivity index (χ1) is 19.5. The number of rotatable bonds is 16. The molecule has 3 aromatic rings. The lowest BCUT2D eigenvalue weighted by atomic mass is 9.87. The predicted molar refractivity (Wildman–Crippen MR) is 172 cm³/mol. The van der Waals surface area contributed by atoms with E-state index in [1.54, 1.807) is 0 Å². The van der Waals surface area contributed by atoms with Crippen LogP contribution in [0, 0.1) is 0 Å². The molecule has 0 heterocycles. The van der Waals surface area contributed by atoms with Crippen molar-refractivity contribution in [3.63, 3.8) is 0 Å². The molecule has 0 bridgehead atoms. The first-order valence-corrected chi connectivity index (χ1v) is 15.7. The highest BCUT2D eigenvalue weighted by atomic mass is 79.9. The van der Waals surface area contributed by atoms with Gasteiger partial charge in [0.1, 0.15) is 28.7 Å². The van der Waals surface area contributed by atoms with E-state index < -0.39 is 0 Å². The van der Waals surface area contributed by atoms with Crippen LogP contribution in [0.5, 0.6) is 28.7 Å². The van der Waals surface area contributed by atoms with Crippen LogP contribution in [-0.2, 0) is 10.8 Å². The highest BCUT2D eigenvalue weighted by molar-refractivity contribution is 9.09. The van der Waals surface area contributed by atoms with E-state index in [1.165, 1.54) is 11.1 Å². The third-order valence-electron chi connectivity index (χ3n) is 6.49. The lowest BCUT2D eigenvalue weighted by Crippen LogP contribution is -2.11. The molecule has 3 aromatic carbocycles. The molecule has 0 saturated carbocycles. The number of ether oxygens (including phenoxy) is 5. The van der Waals surface area contributed by atoms with E-state index in [0.29, 0.717) is 33.0 Å². The molecule has 6 heteroatoms. The number of hydrogen-bond acceptors (Lipinski definition) is 5. The van der Waals surface area contributed by atoms with Crippen LogP contribution >= 0.6 is 15.9 Å². The average molecular weight is 628 g/mol. The van der Waals surface area contributed by atoms with E-state index in [9.17, 15) is 0 Å². The third kappa shape index (κ3) is 11.9. The van der Waals surface area contributed by atoms with Gasteiger partial charge in [0.25, 0.3) is 0 Å². The van der Waals surface area contributed by atoms with Crippen LogP contribution in [0.1, 0.15) is 71.9 Å². The van der Waals surface area contributed by atoms with Crippen molar-refractivity contribution >= 4 is 15.9 Å². The van der Waals surface area contributed by atoms with Gasteiger partial charge in [0.2, 0.25) is 0 Å². The molecule has 0 saturated heterocycles. The van der Waals surface area contributed by atoms with Gasteiger partial charge < -0.3 is 23.7 Å². The van der Waals surface area contributed by atoms with Gasteiger partial charge in [-0.2, -0.15) is 0 Å². The van der Waals surface area contributed by atoms with Gasteiger partial charge >= 0.3 is 0 Å². The number of alkyl halides is 1. The Labute approximate surface area is 255 Å². The summed E-state index contributed by atoms with van der Waals surface area (Å²) in [5.41, 5.74) is 2.85. The SMILES string of the molecule is CC(C)(C)c1ccc(OCCCOc2cc(OCCCBr)cc(OCCCOc3ccc(C(C)(C)C)cc3)c2)cc1. The maximum atomic E-state index is 6.04. The minimum absolute atomic E-state index is 0.133. The molecule has 0 aliphatic carbocycles. The molecule has 224 valence electrons. The minimum Gasteiger partial charge on any atom is -0.493 e. The van der Waals surface area contributed by atoms with E-state index in [-0.39, 0.29) is 10.8 Å². The molecule has 0 amide bonds. The van der Waals surface area contributed by atoms with Crippen molar-refractivity contribution in [1.29, 1.82) is 0 Å². The molecule has 0 N–H and O–H groups in total. The molecule has 0 spiro atoms. The molecular weight excluding hydrogens is 580 g/mol. The zero-order chi connectivity index (χ0) is 29.7. The smallest absolute Gasteiger partial charge is 0.126 e. The van der Waals surface area contributed by atoms with Crippen molar-refractivity contribution in [2.75, 3.05) is 38.4 Å². The first kappa shape index (κ1) is 32.7. The second-order valence-corrected chi connectivity index (χ2v) is 13.0. The Bertz CT molecular complexity index is 1080. The molecule has 0 unspecified atom stereocenters. The number of halogens is 1. The van der Waals surface area contributed by atoms with Crippen LogP contribution in [0.3, 0.4) is 0 Å². The van der Waals surface area contributed by atoms with Crippen LogP contribution in [0.15, 0.2) is 66.7 Å². The maximum Gasteiger partial charge on any atom is 0.126 e. The lowest BCUT2D eigenvalue weighted by Gasteiger charge is -2.19. The summed E-state index contributed by atoms with van der Waals surface area (Å²) in [6.07, 6.45) is 2.45. The number of benzene rings is 3. The second kappa shape index (κ2) is 16.0. The lowest BCUT2D eigenvalue weighted by molar-refractivity contribution is 0.238. The molecule has 0 aromatic heterocycles. The van der Waals surface area contributed by atoms with Crippen LogP contribution in [0.25, 0.3) is 0 Å². The average Bonchev–Trinajstić information content (AvgIpc) is 2.92. The summed E-state index contributed by atoms with van der Waals surface area (Å²) in [7, 11) is 0. The fourth-order valence-electron chi connectivity index (χ4n) is 4.02. The Kier molecular flexibility index (Phi) is 12.7. The molecule has 0 fully saturated rings. The van der Waals surface area contributed by atoms with Crippen LogP contribution < -0.4 is 23.7 Å². The molecule has 0 radical (unpaired) electrons. The molecule has 0 aliphatic rings. The topological polar surface area (TPSA) is 46.2 Å². The summed E-state index contributed by atoms with van der Waals surface area (Å²) in [5, 5.41) is 0.893. The monoisotopic (exact) mass is 626 g/mol. The maximum absolute atomic E-state index is 6.04. The molecule has 5 nitrogen and oxygen atoms in total. The van der Waals surface area contributed by atoms with Gasteiger partial charge in [-0.25, -0.2) is 0 Å². The van der Waals surface area contributed by atoms with E-state index in [0.717, 1.165) is 53.3 Å². The second-order valence-electron chi connectivity index (χ2n) is 12.2. The fourth-order valence-corrected chi connectivity index (χ4v) is 4.25. The zero-order valence-corrected chi connectivity index (χ0v) is 27.2. The van der Waals surface area contributed by atoms with Gasteiger partial charge in [0.15, 0.2) is 0 Å². The third-order valence-corrected chi connectivity index (χ3v) is 7.05. The first-order valence-electron chi connectivity index (χ1n) is 14.6.